The Kier molecular flexibility index (Phi) is 5.56. The van der Waals surface area contributed by atoms with Gasteiger partial charge in [0, 0.05) is 48.5 Å². The van der Waals surface area contributed by atoms with E-state index in [1.165, 1.54) is 0 Å². The lowest BCUT2D eigenvalue weighted by molar-refractivity contribution is 0.563. The van der Waals surface area contributed by atoms with Gasteiger partial charge in [-0.1, -0.05) is 23.2 Å². The van der Waals surface area contributed by atoms with Crippen LogP contribution in [-0.4, -0.2) is 19.5 Å². The Balaban J connectivity index is 1.80. The molecule has 0 atom stereocenters. The molecule has 0 bridgehead atoms. The average molecular weight is 455 g/mol. The number of nitrogens with zero attached hydrogens (tertiary/aromatic N) is 4. The van der Waals surface area contributed by atoms with Gasteiger partial charge in [0.1, 0.15) is 10.2 Å². The van der Waals surface area contributed by atoms with Gasteiger partial charge in [0.2, 0.25) is 0 Å². The molecule has 4 rings (SSSR count). The van der Waals surface area contributed by atoms with Gasteiger partial charge in [-0.3, -0.25) is 4.79 Å². The summed E-state index contributed by atoms with van der Waals surface area (Å²) in [6, 6.07) is 10.8. The maximum absolute atomic E-state index is 12.6. The molecule has 1 aromatic carbocycles. The highest BCUT2D eigenvalue weighted by Crippen LogP contribution is 2.33. The molecule has 0 amide bonds. The van der Waals surface area contributed by atoms with Crippen molar-refractivity contribution in [3.8, 4) is 0 Å². The van der Waals surface area contributed by atoms with Crippen LogP contribution < -0.4 is 16.2 Å². The Hall–Kier alpha value is -3.16. The van der Waals surface area contributed by atoms with E-state index in [9.17, 15) is 4.79 Å². The maximum Gasteiger partial charge on any atom is 0.252 e. The second-order valence-corrected chi connectivity index (χ2v) is 8.33. The van der Waals surface area contributed by atoms with Gasteiger partial charge in [0.25, 0.3) is 5.56 Å². The summed E-state index contributed by atoms with van der Waals surface area (Å²) in [7, 11) is 1.74. The molecule has 3 heterocycles. The molecule has 9 heteroatoms. The van der Waals surface area contributed by atoms with Crippen LogP contribution in [-0.2, 0) is 12.6 Å². The third-order valence-electron chi connectivity index (χ3n) is 4.94. The normalized spacial score (nSPS) is 11.5. The number of aryl methyl sites for hydroxylation is 1. The predicted molar refractivity (Wildman–Crippen MR) is 125 cm³/mol. The molecule has 0 aliphatic rings. The van der Waals surface area contributed by atoms with E-state index in [1.807, 2.05) is 32.0 Å². The number of rotatable bonds is 5. The van der Waals surface area contributed by atoms with E-state index in [2.05, 4.69) is 25.6 Å². The fraction of sp³-hybridized carbons (Fsp3) is 0.182. The summed E-state index contributed by atoms with van der Waals surface area (Å²) in [6.45, 7) is 3.93. The Labute approximate surface area is 189 Å². The van der Waals surface area contributed by atoms with Gasteiger partial charge in [-0.25, -0.2) is 15.0 Å². The molecule has 0 radical (unpaired) electrons. The van der Waals surface area contributed by atoms with Crippen molar-refractivity contribution >= 4 is 51.2 Å². The molecule has 4 aromatic rings. The average Bonchev–Trinajstić information content (AvgIpc) is 2.75. The molecule has 0 aliphatic carbocycles. The topological polar surface area (TPSA) is 84.7 Å². The second-order valence-electron chi connectivity index (χ2n) is 7.60. The first-order valence-electron chi connectivity index (χ1n) is 9.53. The summed E-state index contributed by atoms with van der Waals surface area (Å²) in [5.74, 6) is 0.622. The van der Waals surface area contributed by atoms with Crippen LogP contribution in [0.25, 0.3) is 10.9 Å². The van der Waals surface area contributed by atoms with E-state index in [4.69, 9.17) is 23.2 Å². The standard InChI is InChI=1S/C22H20Cl2N6O/c1-22(2,21-26-8-4-9-27-21)29-16-12-18(31)30(3)17-6-5-13(11-14(16)17)28-15-7-10-25-20(24)19(15)23/h4-12,29H,1-3H3,(H,25,28). The lowest BCUT2D eigenvalue weighted by Crippen LogP contribution is -2.31. The highest BCUT2D eigenvalue weighted by Gasteiger charge is 2.24. The third kappa shape index (κ3) is 4.19. The summed E-state index contributed by atoms with van der Waals surface area (Å²) >= 11 is 12.3. The number of halogens is 2. The van der Waals surface area contributed by atoms with Crippen molar-refractivity contribution in [1.82, 2.24) is 19.5 Å². The summed E-state index contributed by atoms with van der Waals surface area (Å²) in [5.41, 5.74) is 2.16. The zero-order valence-corrected chi connectivity index (χ0v) is 18.7. The molecule has 3 aromatic heterocycles. The van der Waals surface area contributed by atoms with Crippen LogP contribution in [0.5, 0.6) is 0 Å². The summed E-state index contributed by atoms with van der Waals surface area (Å²) in [4.78, 5) is 25.3. The fourth-order valence-electron chi connectivity index (χ4n) is 3.33. The molecule has 0 spiro atoms. The van der Waals surface area contributed by atoms with E-state index >= 15 is 0 Å². The smallest absolute Gasteiger partial charge is 0.252 e. The molecule has 0 aliphatic heterocycles. The molecule has 0 saturated carbocycles. The predicted octanol–water partition coefficient (Wildman–Crippen LogP) is 5.12. The quantitative estimate of drug-likeness (QED) is 0.407. The molecule has 0 saturated heterocycles. The fourth-order valence-corrected chi connectivity index (χ4v) is 3.64. The van der Waals surface area contributed by atoms with Crippen molar-refractivity contribution in [3.05, 3.63) is 81.3 Å². The Bertz CT molecular complexity index is 1320. The summed E-state index contributed by atoms with van der Waals surface area (Å²) in [5, 5.41) is 8.11. The molecule has 158 valence electrons. The molecule has 7 nitrogen and oxygen atoms in total. The highest BCUT2D eigenvalue weighted by molar-refractivity contribution is 6.43. The van der Waals surface area contributed by atoms with Crippen LogP contribution in [0.4, 0.5) is 17.1 Å². The van der Waals surface area contributed by atoms with Gasteiger partial charge in [-0.15, -0.1) is 0 Å². The number of hydrogen-bond acceptors (Lipinski definition) is 6. The Morgan fingerprint density at radius 1 is 0.968 bits per heavy atom. The second kappa shape index (κ2) is 8.17. The molecule has 0 unspecified atom stereocenters. The van der Waals surface area contributed by atoms with Gasteiger partial charge in [0.15, 0.2) is 5.82 Å². The van der Waals surface area contributed by atoms with Crippen molar-refractivity contribution < 1.29 is 0 Å². The van der Waals surface area contributed by atoms with Crippen LogP contribution in [0, 0.1) is 0 Å². The zero-order valence-electron chi connectivity index (χ0n) is 17.1. The number of aromatic nitrogens is 4. The monoisotopic (exact) mass is 454 g/mol. The molecular weight excluding hydrogens is 435 g/mol. The van der Waals surface area contributed by atoms with E-state index < -0.39 is 5.54 Å². The largest absolute Gasteiger partial charge is 0.372 e. The first kappa shape index (κ1) is 21.1. The van der Waals surface area contributed by atoms with Crippen LogP contribution in [0.2, 0.25) is 10.2 Å². The number of nitrogens with one attached hydrogen (secondary N) is 2. The lowest BCUT2D eigenvalue weighted by Gasteiger charge is -2.27. The van der Waals surface area contributed by atoms with Gasteiger partial charge in [0.05, 0.1) is 16.7 Å². The first-order valence-corrected chi connectivity index (χ1v) is 10.3. The van der Waals surface area contributed by atoms with Crippen molar-refractivity contribution in [2.24, 2.45) is 7.05 Å². The highest BCUT2D eigenvalue weighted by atomic mass is 35.5. The first-order chi connectivity index (χ1) is 14.8. The van der Waals surface area contributed by atoms with E-state index in [-0.39, 0.29) is 10.7 Å². The molecule has 0 fully saturated rings. The minimum atomic E-state index is -0.605. The van der Waals surface area contributed by atoms with Crippen LogP contribution in [0.15, 0.2) is 59.8 Å². The van der Waals surface area contributed by atoms with Crippen LogP contribution >= 0.6 is 23.2 Å². The van der Waals surface area contributed by atoms with Crippen molar-refractivity contribution in [2.45, 2.75) is 19.4 Å². The van der Waals surface area contributed by atoms with Crippen LogP contribution in [0.3, 0.4) is 0 Å². The Morgan fingerprint density at radius 2 is 1.71 bits per heavy atom. The maximum atomic E-state index is 12.6. The summed E-state index contributed by atoms with van der Waals surface area (Å²) < 4.78 is 1.60. The molecule has 2 N–H and O–H groups in total. The van der Waals surface area contributed by atoms with Gasteiger partial charge < -0.3 is 15.2 Å². The van der Waals surface area contributed by atoms with Crippen molar-refractivity contribution in [3.63, 3.8) is 0 Å². The van der Waals surface area contributed by atoms with E-state index in [0.29, 0.717) is 22.2 Å². The number of hydrogen-bond donors (Lipinski definition) is 2. The number of benzene rings is 1. The lowest BCUT2D eigenvalue weighted by atomic mass is 10.0. The zero-order chi connectivity index (χ0) is 22.2. The summed E-state index contributed by atoms with van der Waals surface area (Å²) in [6.07, 6.45) is 4.97. The van der Waals surface area contributed by atoms with Gasteiger partial charge >= 0.3 is 0 Å². The van der Waals surface area contributed by atoms with Gasteiger partial charge in [-0.05, 0) is 44.2 Å². The van der Waals surface area contributed by atoms with Crippen molar-refractivity contribution in [2.75, 3.05) is 10.6 Å². The molecule has 31 heavy (non-hydrogen) atoms. The minimum absolute atomic E-state index is 0.121. The number of fused-ring (bicyclic) bond motifs is 1. The Morgan fingerprint density at radius 3 is 2.45 bits per heavy atom. The third-order valence-corrected chi connectivity index (χ3v) is 5.71. The minimum Gasteiger partial charge on any atom is -0.372 e. The van der Waals surface area contributed by atoms with Crippen LogP contribution in [0.1, 0.15) is 19.7 Å². The van der Waals surface area contributed by atoms with E-state index in [1.54, 1.807) is 48.4 Å². The number of anilines is 3. The van der Waals surface area contributed by atoms with Gasteiger partial charge in [-0.2, -0.15) is 0 Å². The van der Waals surface area contributed by atoms with E-state index in [0.717, 1.165) is 16.6 Å². The SMILES string of the molecule is Cn1c(=O)cc(NC(C)(C)c2ncccn2)c2cc(Nc3ccnc(Cl)c3Cl)ccc21. The van der Waals surface area contributed by atoms with Crippen molar-refractivity contribution in [1.29, 1.82) is 0 Å². The number of pyridine rings is 2. The molecular formula is C22H20Cl2N6O.